The van der Waals surface area contributed by atoms with Gasteiger partial charge in [0.1, 0.15) is 0 Å². The zero-order valence-corrected chi connectivity index (χ0v) is 9.86. The summed E-state index contributed by atoms with van der Waals surface area (Å²) in [5, 5.41) is 0. The number of carbonyl (C=O) groups excluding carboxylic acids is 1. The summed E-state index contributed by atoms with van der Waals surface area (Å²) >= 11 is 0. The van der Waals surface area contributed by atoms with Gasteiger partial charge in [-0.3, -0.25) is 14.6 Å². The van der Waals surface area contributed by atoms with E-state index in [1.807, 2.05) is 0 Å². The lowest BCUT2D eigenvalue weighted by atomic mass is 9.99. The fourth-order valence-electron chi connectivity index (χ4n) is 1.87. The third-order valence-electron chi connectivity index (χ3n) is 3.22. The van der Waals surface area contributed by atoms with Crippen LogP contribution in [0.1, 0.15) is 13.8 Å². The maximum absolute atomic E-state index is 10.9. The van der Waals surface area contributed by atoms with Crippen molar-refractivity contribution in [3.05, 3.63) is 0 Å². The van der Waals surface area contributed by atoms with Gasteiger partial charge in [-0.05, 0) is 20.9 Å². The molecule has 0 bridgehead atoms. The van der Waals surface area contributed by atoms with E-state index < -0.39 is 11.9 Å². The van der Waals surface area contributed by atoms with Crippen molar-refractivity contribution in [2.75, 3.05) is 33.2 Å². The maximum atomic E-state index is 10.9. The molecule has 88 valence electrons. The molecular weight excluding hydrogens is 192 g/mol. The lowest BCUT2D eigenvalue weighted by Crippen LogP contribution is -2.60. The summed E-state index contributed by atoms with van der Waals surface area (Å²) in [6.45, 7) is 7.81. The van der Waals surface area contributed by atoms with Crippen LogP contribution in [0.3, 0.4) is 0 Å². The summed E-state index contributed by atoms with van der Waals surface area (Å²) in [6.07, 6.45) is 0. The molecule has 15 heavy (non-hydrogen) atoms. The van der Waals surface area contributed by atoms with Crippen LogP contribution in [0.25, 0.3) is 0 Å². The van der Waals surface area contributed by atoms with Crippen LogP contribution in [0.15, 0.2) is 0 Å². The monoisotopic (exact) mass is 214 g/mol. The van der Waals surface area contributed by atoms with Gasteiger partial charge in [0.05, 0.1) is 6.04 Å². The zero-order valence-electron chi connectivity index (χ0n) is 9.86. The Morgan fingerprint density at radius 1 is 1.47 bits per heavy atom. The van der Waals surface area contributed by atoms with Crippen molar-refractivity contribution >= 4 is 5.91 Å². The molecule has 1 unspecified atom stereocenters. The van der Waals surface area contributed by atoms with Gasteiger partial charge in [0.25, 0.3) is 0 Å². The van der Waals surface area contributed by atoms with E-state index in [9.17, 15) is 4.79 Å². The molecule has 0 spiro atoms. The van der Waals surface area contributed by atoms with Crippen LogP contribution in [0.5, 0.6) is 0 Å². The minimum Gasteiger partial charge on any atom is -0.368 e. The molecule has 1 atom stereocenters. The Balaban J connectivity index is 2.49. The number of primary amides is 1. The maximum Gasteiger partial charge on any atom is 0.235 e. The van der Waals surface area contributed by atoms with E-state index in [4.69, 9.17) is 11.5 Å². The molecule has 1 aliphatic heterocycles. The second-order valence-electron chi connectivity index (χ2n) is 4.98. The largest absolute Gasteiger partial charge is 0.368 e. The number of carbonyl (C=O) groups is 1. The summed E-state index contributed by atoms with van der Waals surface area (Å²) in [5.74, 6) is -0.424. The van der Waals surface area contributed by atoms with Gasteiger partial charge in [0.15, 0.2) is 0 Å². The van der Waals surface area contributed by atoms with Crippen LogP contribution >= 0.6 is 0 Å². The van der Waals surface area contributed by atoms with Crippen molar-refractivity contribution in [2.45, 2.75) is 25.4 Å². The Labute approximate surface area is 91.4 Å². The third kappa shape index (κ3) is 3.15. The minimum absolute atomic E-state index is 0.135. The summed E-state index contributed by atoms with van der Waals surface area (Å²) < 4.78 is 0. The second kappa shape index (κ2) is 4.47. The Bertz CT molecular complexity index is 242. The van der Waals surface area contributed by atoms with Crippen molar-refractivity contribution in [1.29, 1.82) is 0 Å². The highest BCUT2D eigenvalue weighted by molar-refractivity contribution is 5.79. The average molecular weight is 214 g/mol. The fourth-order valence-corrected chi connectivity index (χ4v) is 1.87. The lowest BCUT2D eigenvalue weighted by molar-refractivity contribution is -0.120. The Morgan fingerprint density at radius 3 is 2.53 bits per heavy atom. The standard InChI is InChI=1S/C10H22N4O/c1-10(2)7-14(5-4-13(10)3)6-8(11)9(12)15/h8H,4-7,11H2,1-3H3,(H2,12,15). The van der Waals surface area contributed by atoms with Gasteiger partial charge < -0.3 is 11.5 Å². The normalized spacial score (nSPS) is 25.1. The Kier molecular flexibility index (Phi) is 3.70. The molecule has 1 rings (SSSR count). The summed E-state index contributed by atoms with van der Waals surface area (Å²) in [5.41, 5.74) is 10.9. The number of nitrogens with zero attached hydrogens (tertiary/aromatic N) is 2. The highest BCUT2D eigenvalue weighted by atomic mass is 16.1. The second-order valence-corrected chi connectivity index (χ2v) is 4.98. The number of hydrogen-bond donors (Lipinski definition) is 2. The van der Waals surface area contributed by atoms with E-state index in [0.29, 0.717) is 6.54 Å². The molecule has 0 aromatic rings. The van der Waals surface area contributed by atoms with Crippen LogP contribution in [-0.4, -0.2) is 60.5 Å². The van der Waals surface area contributed by atoms with E-state index >= 15 is 0 Å². The van der Waals surface area contributed by atoms with Crippen LogP contribution in [0.2, 0.25) is 0 Å². The molecule has 5 heteroatoms. The number of nitrogens with two attached hydrogens (primary N) is 2. The number of rotatable bonds is 3. The first-order valence-corrected chi connectivity index (χ1v) is 5.31. The van der Waals surface area contributed by atoms with Gasteiger partial charge in [0, 0.05) is 31.7 Å². The molecule has 4 N–H and O–H groups in total. The van der Waals surface area contributed by atoms with Gasteiger partial charge in [-0.25, -0.2) is 0 Å². The molecule has 5 nitrogen and oxygen atoms in total. The van der Waals surface area contributed by atoms with Crippen molar-refractivity contribution < 1.29 is 4.79 Å². The third-order valence-corrected chi connectivity index (χ3v) is 3.22. The fraction of sp³-hybridized carbons (Fsp3) is 0.900. The Morgan fingerprint density at radius 2 is 2.07 bits per heavy atom. The molecule has 1 heterocycles. The molecule has 0 radical (unpaired) electrons. The van der Waals surface area contributed by atoms with Gasteiger partial charge in [-0.1, -0.05) is 0 Å². The topological polar surface area (TPSA) is 75.6 Å². The molecule has 0 aromatic carbocycles. The zero-order chi connectivity index (χ0) is 11.6. The van der Waals surface area contributed by atoms with Crippen LogP contribution < -0.4 is 11.5 Å². The molecule has 0 aliphatic carbocycles. The van der Waals surface area contributed by atoms with Crippen molar-refractivity contribution in [3.63, 3.8) is 0 Å². The first kappa shape index (κ1) is 12.4. The number of piperazine rings is 1. The molecule has 1 amide bonds. The Hall–Kier alpha value is -0.650. The minimum atomic E-state index is -0.552. The van der Waals surface area contributed by atoms with Gasteiger partial charge >= 0.3 is 0 Å². The molecule has 0 saturated carbocycles. The highest BCUT2D eigenvalue weighted by Crippen LogP contribution is 2.18. The SMILES string of the molecule is CN1CCN(CC(N)C(N)=O)CC1(C)C. The van der Waals surface area contributed by atoms with E-state index in [-0.39, 0.29) is 5.54 Å². The van der Waals surface area contributed by atoms with Crippen LogP contribution in [0.4, 0.5) is 0 Å². The summed E-state index contributed by atoms with van der Waals surface area (Å²) in [7, 11) is 2.12. The first-order chi connectivity index (χ1) is 6.83. The van der Waals surface area contributed by atoms with Crippen molar-refractivity contribution in [1.82, 2.24) is 9.80 Å². The number of hydrogen-bond acceptors (Lipinski definition) is 4. The predicted molar refractivity (Wildman–Crippen MR) is 60.3 cm³/mol. The van der Waals surface area contributed by atoms with Crippen molar-refractivity contribution in [3.8, 4) is 0 Å². The molecule has 1 aliphatic rings. The average Bonchev–Trinajstić information content (AvgIpc) is 2.10. The van der Waals surface area contributed by atoms with Crippen LogP contribution in [-0.2, 0) is 4.79 Å². The summed E-state index contributed by atoms with van der Waals surface area (Å²) in [6, 6.07) is -0.552. The van der Waals surface area contributed by atoms with E-state index in [1.54, 1.807) is 0 Å². The van der Waals surface area contributed by atoms with E-state index in [0.717, 1.165) is 19.6 Å². The molecule has 1 fully saturated rings. The molecule has 0 aromatic heterocycles. The van der Waals surface area contributed by atoms with Gasteiger partial charge in [-0.2, -0.15) is 0 Å². The summed E-state index contributed by atoms with van der Waals surface area (Å²) in [4.78, 5) is 15.4. The number of likely N-dealkylation sites (N-methyl/N-ethyl adjacent to an activating group) is 1. The van der Waals surface area contributed by atoms with E-state index in [2.05, 4.69) is 30.7 Å². The highest BCUT2D eigenvalue weighted by Gasteiger charge is 2.31. The first-order valence-electron chi connectivity index (χ1n) is 5.31. The van der Waals surface area contributed by atoms with E-state index in [1.165, 1.54) is 0 Å². The van der Waals surface area contributed by atoms with Gasteiger partial charge in [0.2, 0.25) is 5.91 Å². The number of amides is 1. The lowest BCUT2D eigenvalue weighted by Gasteiger charge is -2.45. The quantitative estimate of drug-likeness (QED) is 0.620. The predicted octanol–water partition coefficient (Wildman–Crippen LogP) is -1.17. The van der Waals surface area contributed by atoms with Gasteiger partial charge in [-0.15, -0.1) is 0 Å². The van der Waals surface area contributed by atoms with Crippen molar-refractivity contribution in [2.24, 2.45) is 11.5 Å². The smallest absolute Gasteiger partial charge is 0.235 e. The molecular formula is C10H22N4O. The van der Waals surface area contributed by atoms with Crippen LogP contribution in [0, 0.1) is 0 Å². The molecule has 1 saturated heterocycles.